The van der Waals surface area contributed by atoms with Gasteiger partial charge in [0.25, 0.3) is 5.91 Å². The van der Waals surface area contributed by atoms with Gasteiger partial charge in [-0.25, -0.2) is 0 Å². The molecule has 0 bridgehead atoms. The molecule has 1 aromatic heterocycles. The molecule has 1 heterocycles. The van der Waals surface area contributed by atoms with Crippen LogP contribution < -0.4 is 10.6 Å². The largest absolute Gasteiger partial charge is 0.379 e. The summed E-state index contributed by atoms with van der Waals surface area (Å²) in [4.78, 5) is 17.2. The van der Waals surface area contributed by atoms with Crippen molar-refractivity contribution in [3.05, 3.63) is 95.3 Å². The van der Waals surface area contributed by atoms with Gasteiger partial charge in [0.2, 0.25) is 0 Å². The minimum atomic E-state index is -0.0512. The predicted octanol–water partition coefficient (Wildman–Crippen LogP) is 4.88. The van der Waals surface area contributed by atoms with Crippen molar-refractivity contribution in [3.63, 3.8) is 0 Å². The van der Waals surface area contributed by atoms with Crippen LogP contribution in [0.1, 0.15) is 46.6 Å². The molecule has 138 valence electrons. The van der Waals surface area contributed by atoms with Crippen LogP contribution in [0.5, 0.6) is 0 Å². The summed E-state index contributed by atoms with van der Waals surface area (Å²) in [6.07, 6.45) is 2.62. The van der Waals surface area contributed by atoms with Gasteiger partial charge in [-0.15, -0.1) is 0 Å². The zero-order valence-electron chi connectivity index (χ0n) is 15.8. The van der Waals surface area contributed by atoms with E-state index < -0.39 is 0 Å². The molecular formula is C23H25N3O. The van der Waals surface area contributed by atoms with Gasteiger partial charge in [0.15, 0.2) is 0 Å². The smallest absolute Gasteiger partial charge is 0.252 e. The maximum absolute atomic E-state index is 12.9. The summed E-state index contributed by atoms with van der Waals surface area (Å²) in [5.74, 6) is -0.0512. The number of rotatable bonds is 7. The number of hydrogen-bond donors (Lipinski definition) is 2. The van der Waals surface area contributed by atoms with Crippen molar-refractivity contribution in [1.82, 2.24) is 10.3 Å². The molecule has 2 N–H and O–H groups in total. The van der Waals surface area contributed by atoms with Gasteiger partial charge in [-0.1, -0.05) is 49.4 Å². The first-order chi connectivity index (χ1) is 13.2. The Bertz CT molecular complexity index is 879. The quantitative estimate of drug-likeness (QED) is 0.632. The Morgan fingerprint density at radius 1 is 1.00 bits per heavy atom. The number of nitrogens with one attached hydrogen (secondary N) is 2. The highest BCUT2D eigenvalue weighted by Crippen LogP contribution is 2.22. The summed E-state index contributed by atoms with van der Waals surface area (Å²) >= 11 is 0. The molecule has 0 aliphatic carbocycles. The summed E-state index contributed by atoms with van der Waals surface area (Å²) < 4.78 is 0. The fourth-order valence-electron chi connectivity index (χ4n) is 3.10. The van der Waals surface area contributed by atoms with E-state index in [1.165, 1.54) is 0 Å². The van der Waals surface area contributed by atoms with Crippen LogP contribution in [-0.2, 0) is 6.54 Å². The van der Waals surface area contributed by atoms with E-state index >= 15 is 0 Å². The number of amides is 1. The molecule has 0 aliphatic rings. The number of anilines is 1. The highest BCUT2D eigenvalue weighted by molar-refractivity contribution is 5.97. The molecule has 4 nitrogen and oxygen atoms in total. The van der Waals surface area contributed by atoms with Gasteiger partial charge in [-0.3, -0.25) is 9.78 Å². The van der Waals surface area contributed by atoms with Crippen LogP contribution in [-0.4, -0.2) is 10.9 Å². The number of hydrogen-bond acceptors (Lipinski definition) is 3. The zero-order valence-corrected chi connectivity index (χ0v) is 15.8. The van der Waals surface area contributed by atoms with Gasteiger partial charge < -0.3 is 10.6 Å². The Morgan fingerprint density at radius 2 is 1.78 bits per heavy atom. The molecule has 3 rings (SSSR count). The lowest BCUT2D eigenvalue weighted by atomic mass is 10.0. The number of pyridine rings is 1. The van der Waals surface area contributed by atoms with Crippen LogP contribution in [0.2, 0.25) is 0 Å². The van der Waals surface area contributed by atoms with Crippen molar-refractivity contribution in [2.24, 2.45) is 0 Å². The average Bonchev–Trinajstić information content (AvgIpc) is 2.72. The molecule has 0 unspecified atom stereocenters. The van der Waals surface area contributed by atoms with E-state index in [0.717, 1.165) is 28.9 Å². The first kappa shape index (κ1) is 18.6. The lowest BCUT2D eigenvalue weighted by Gasteiger charge is -2.19. The Morgan fingerprint density at radius 3 is 2.48 bits per heavy atom. The van der Waals surface area contributed by atoms with Gasteiger partial charge in [-0.2, -0.15) is 0 Å². The van der Waals surface area contributed by atoms with Crippen molar-refractivity contribution in [2.45, 2.75) is 32.9 Å². The van der Waals surface area contributed by atoms with Crippen LogP contribution in [0.15, 0.2) is 72.9 Å². The fraction of sp³-hybridized carbons (Fsp3) is 0.217. The van der Waals surface area contributed by atoms with Crippen LogP contribution in [0.4, 0.5) is 5.69 Å². The molecule has 2 aromatic carbocycles. The molecule has 0 aliphatic heterocycles. The Hall–Kier alpha value is -3.14. The normalized spacial score (nSPS) is 11.6. The highest BCUT2D eigenvalue weighted by Gasteiger charge is 2.16. The van der Waals surface area contributed by atoms with Crippen LogP contribution >= 0.6 is 0 Å². The van der Waals surface area contributed by atoms with Crippen molar-refractivity contribution < 1.29 is 4.79 Å². The van der Waals surface area contributed by atoms with Crippen LogP contribution in [0, 0.1) is 6.92 Å². The van der Waals surface area contributed by atoms with Crippen molar-refractivity contribution >= 4 is 11.6 Å². The Kier molecular flexibility index (Phi) is 6.21. The third-order valence-electron chi connectivity index (χ3n) is 4.68. The second-order valence-electron chi connectivity index (χ2n) is 6.50. The van der Waals surface area contributed by atoms with E-state index in [0.29, 0.717) is 12.1 Å². The van der Waals surface area contributed by atoms with Crippen molar-refractivity contribution in [1.29, 1.82) is 0 Å². The van der Waals surface area contributed by atoms with E-state index in [1.807, 2.05) is 73.7 Å². The molecule has 1 amide bonds. The topological polar surface area (TPSA) is 54.0 Å². The van der Waals surface area contributed by atoms with Crippen LogP contribution in [0.25, 0.3) is 0 Å². The van der Waals surface area contributed by atoms with Crippen LogP contribution in [0.3, 0.4) is 0 Å². The zero-order chi connectivity index (χ0) is 19.1. The molecule has 0 spiro atoms. The van der Waals surface area contributed by atoms with Gasteiger partial charge >= 0.3 is 0 Å². The Balaban J connectivity index is 1.73. The number of carbonyl (C=O) groups excluding carboxylic acids is 1. The molecule has 4 heteroatoms. The number of carbonyl (C=O) groups is 1. The van der Waals surface area contributed by atoms with E-state index in [-0.39, 0.29) is 11.9 Å². The predicted molar refractivity (Wildman–Crippen MR) is 110 cm³/mol. The first-order valence-electron chi connectivity index (χ1n) is 9.28. The van der Waals surface area contributed by atoms with Gasteiger partial charge in [0.1, 0.15) is 0 Å². The number of nitrogens with zero attached hydrogens (tertiary/aromatic N) is 1. The SMILES string of the molecule is CC[C@H](NC(=O)c1cccc(NCc2ccccn2)c1C)c1ccccc1. The lowest BCUT2D eigenvalue weighted by molar-refractivity contribution is 0.0935. The molecule has 0 fully saturated rings. The molecule has 3 aromatic rings. The minimum absolute atomic E-state index is 0.00299. The van der Waals surface area contributed by atoms with Gasteiger partial charge in [-0.05, 0) is 48.7 Å². The maximum Gasteiger partial charge on any atom is 0.252 e. The third kappa shape index (κ3) is 4.73. The van der Waals surface area contributed by atoms with Crippen molar-refractivity contribution in [2.75, 3.05) is 5.32 Å². The monoisotopic (exact) mass is 359 g/mol. The van der Waals surface area contributed by atoms with E-state index in [1.54, 1.807) is 6.20 Å². The average molecular weight is 359 g/mol. The summed E-state index contributed by atoms with van der Waals surface area (Å²) in [5.41, 5.74) is 4.66. The maximum atomic E-state index is 12.9. The Labute approximate surface area is 160 Å². The standard InChI is InChI=1S/C23H25N3O/c1-3-21(18-10-5-4-6-11-18)26-23(27)20-13-9-14-22(17(20)2)25-16-19-12-7-8-15-24-19/h4-15,21,25H,3,16H2,1-2H3,(H,26,27)/t21-/m0/s1. The molecule has 1 atom stereocenters. The summed E-state index contributed by atoms with van der Waals surface area (Å²) in [6, 6.07) is 21.7. The molecule has 0 radical (unpaired) electrons. The number of aromatic nitrogens is 1. The third-order valence-corrected chi connectivity index (χ3v) is 4.68. The van der Waals surface area contributed by atoms with Gasteiger partial charge in [0, 0.05) is 17.4 Å². The highest BCUT2D eigenvalue weighted by atomic mass is 16.1. The fourth-order valence-corrected chi connectivity index (χ4v) is 3.10. The number of benzene rings is 2. The molecule has 0 saturated carbocycles. The molecule has 27 heavy (non-hydrogen) atoms. The summed E-state index contributed by atoms with van der Waals surface area (Å²) in [6.45, 7) is 4.67. The van der Waals surface area contributed by atoms with E-state index in [2.05, 4.69) is 22.5 Å². The van der Waals surface area contributed by atoms with Crippen molar-refractivity contribution in [3.8, 4) is 0 Å². The first-order valence-corrected chi connectivity index (χ1v) is 9.28. The second kappa shape index (κ2) is 8.99. The minimum Gasteiger partial charge on any atom is -0.379 e. The molecule has 0 saturated heterocycles. The summed E-state index contributed by atoms with van der Waals surface area (Å²) in [5, 5.41) is 6.54. The summed E-state index contributed by atoms with van der Waals surface area (Å²) in [7, 11) is 0. The molecular weight excluding hydrogens is 334 g/mol. The van der Waals surface area contributed by atoms with E-state index in [4.69, 9.17) is 0 Å². The van der Waals surface area contributed by atoms with Gasteiger partial charge in [0.05, 0.1) is 18.3 Å². The second-order valence-corrected chi connectivity index (χ2v) is 6.50. The lowest BCUT2D eigenvalue weighted by Crippen LogP contribution is -2.28. The van der Waals surface area contributed by atoms with E-state index in [9.17, 15) is 4.79 Å².